The zero-order chi connectivity index (χ0) is 15.4. The van der Waals surface area contributed by atoms with Crippen LogP contribution in [0.4, 0.5) is 0 Å². The van der Waals surface area contributed by atoms with Crippen LogP contribution in [-0.4, -0.2) is 22.8 Å². The Hall–Kier alpha value is -1.56. The van der Waals surface area contributed by atoms with Crippen LogP contribution >= 0.6 is 23.2 Å². The lowest BCUT2D eigenvalue weighted by atomic mass is 10.1. The number of aryl methyl sites for hydroxylation is 1. The van der Waals surface area contributed by atoms with E-state index in [0.29, 0.717) is 16.3 Å². The third-order valence-corrected chi connectivity index (χ3v) is 3.61. The van der Waals surface area contributed by atoms with E-state index >= 15 is 0 Å². The van der Waals surface area contributed by atoms with Gasteiger partial charge < -0.3 is 14.9 Å². The Morgan fingerprint density at radius 2 is 2.05 bits per heavy atom. The summed E-state index contributed by atoms with van der Waals surface area (Å²) >= 11 is 11.6. The number of aromatic nitrogens is 1. The molecule has 112 valence electrons. The van der Waals surface area contributed by atoms with Gasteiger partial charge in [0.15, 0.2) is 0 Å². The van der Waals surface area contributed by atoms with Crippen LogP contribution < -0.4 is 5.32 Å². The number of hydrogen-bond donors (Lipinski definition) is 2. The summed E-state index contributed by atoms with van der Waals surface area (Å²) in [7, 11) is 0. The molecule has 2 N–H and O–H groups in total. The van der Waals surface area contributed by atoms with E-state index in [4.69, 9.17) is 27.7 Å². The average Bonchev–Trinajstić information content (AvgIpc) is 2.78. The Morgan fingerprint density at radius 3 is 2.57 bits per heavy atom. The van der Waals surface area contributed by atoms with Gasteiger partial charge in [-0.15, -0.1) is 0 Å². The van der Waals surface area contributed by atoms with Gasteiger partial charge in [0, 0.05) is 10.6 Å². The van der Waals surface area contributed by atoms with Gasteiger partial charge in [-0.05, 0) is 36.2 Å². The normalized spacial score (nSPS) is 12.2. The maximum absolute atomic E-state index is 12.0. The van der Waals surface area contributed by atoms with Crippen molar-refractivity contribution in [1.82, 2.24) is 10.5 Å². The molecule has 1 unspecified atom stereocenters. The first-order valence-electron chi connectivity index (χ1n) is 6.27. The van der Waals surface area contributed by atoms with Gasteiger partial charge in [-0.3, -0.25) is 4.79 Å². The van der Waals surface area contributed by atoms with E-state index in [9.17, 15) is 9.90 Å². The fraction of sp³-hybridized carbons (Fsp3) is 0.286. The number of nitrogens with one attached hydrogen (secondary N) is 1. The van der Waals surface area contributed by atoms with Crippen LogP contribution in [0.5, 0.6) is 0 Å². The predicted molar refractivity (Wildman–Crippen MR) is 79.4 cm³/mol. The summed E-state index contributed by atoms with van der Waals surface area (Å²) in [6.07, 6.45) is 0.0399. The molecule has 1 aromatic heterocycles. The second-order valence-electron chi connectivity index (χ2n) is 4.55. The Balaban J connectivity index is 2.05. The Kier molecular flexibility index (Phi) is 5.22. The molecule has 1 heterocycles. The second-order valence-corrected chi connectivity index (χ2v) is 5.33. The summed E-state index contributed by atoms with van der Waals surface area (Å²) in [5.41, 5.74) is 1.88. The number of carbonyl (C=O) groups excluding carboxylic acids is 1. The van der Waals surface area contributed by atoms with E-state index in [1.54, 1.807) is 31.2 Å². The third kappa shape index (κ3) is 3.97. The second kappa shape index (κ2) is 6.93. The zero-order valence-electron chi connectivity index (χ0n) is 11.3. The van der Waals surface area contributed by atoms with E-state index in [1.807, 2.05) is 0 Å². The summed E-state index contributed by atoms with van der Waals surface area (Å²) in [6, 6.07) is 6.40. The number of nitrogens with zero attached hydrogens (tertiary/aromatic N) is 1. The highest BCUT2D eigenvalue weighted by Crippen LogP contribution is 2.20. The summed E-state index contributed by atoms with van der Waals surface area (Å²) in [6.45, 7) is 1.49. The van der Waals surface area contributed by atoms with Crippen molar-refractivity contribution >= 4 is 29.1 Å². The molecule has 0 saturated carbocycles. The molecule has 2 aromatic rings. The Bertz CT molecular complexity index is 606. The highest BCUT2D eigenvalue weighted by molar-refractivity contribution is 6.30. The molecule has 21 heavy (non-hydrogen) atoms. The molecule has 5 nitrogen and oxygen atoms in total. The molecule has 0 aliphatic rings. The van der Waals surface area contributed by atoms with Crippen LogP contribution in [0.25, 0.3) is 0 Å². The number of hydrogen-bond acceptors (Lipinski definition) is 4. The number of rotatable bonds is 5. The van der Waals surface area contributed by atoms with E-state index in [0.717, 1.165) is 5.56 Å². The maximum Gasteiger partial charge on any atom is 0.229 e. The van der Waals surface area contributed by atoms with Crippen molar-refractivity contribution in [3.63, 3.8) is 0 Å². The van der Waals surface area contributed by atoms with Gasteiger partial charge >= 0.3 is 0 Å². The smallest absolute Gasteiger partial charge is 0.229 e. The molecule has 1 amide bonds. The summed E-state index contributed by atoms with van der Waals surface area (Å²) in [4.78, 5) is 12.0. The lowest BCUT2D eigenvalue weighted by Gasteiger charge is -2.16. The van der Waals surface area contributed by atoms with Gasteiger partial charge in [-0.2, -0.15) is 0 Å². The maximum atomic E-state index is 12.0. The molecule has 0 bridgehead atoms. The first-order valence-corrected chi connectivity index (χ1v) is 7.03. The number of carbonyl (C=O) groups is 1. The van der Waals surface area contributed by atoms with Crippen LogP contribution in [0.3, 0.4) is 0 Å². The summed E-state index contributed by atoms with van der Waals surface area (Å²) in [5, 5.41) is 16.5. The van der Waals surface area contributed by atoms with Crippen molar-refractivity contribution in [1.29, 1.82) is 0 Å². The van der Waals surface area contributed by atoms with Crippen molar-refractivity contribution in [2.24, 2.45) is 0 Å². The molecule has 0 aliphatic carbocycles. The van der Waals surface area contributed by atoms with Crippen LogP contribution in [0.1, 0.15) is 22.9 Å². The molecule has 0 spiro atoms. The monoisotopic (exact) mass is 328 g/mol. The van der Waals surface area contributed by atoms with E-state index in [2.05, 4.69) is 10.5 Å². The molecule has 7 heteroatoms. The molecule has 0 saturated heterocycles. The zero-order valence-corrected chi connectivity index (χ0v) is 12.8. The third-order valence-electron chi connectivity index (χ3n) is 3.06. The van der Waals surface area contributed by atoms with Crippen LogP contribution in [-0.2, 0) is 11.2 Å². The molecular weight excluding hydrogens is 315 g/mol. The van der Waals surface area contributed by atoms with E-state index < -0.39 is 6.04 Å². The molecular formula is C14H14Cl2N2O3. The fourth-order valence-corrected chi connectivity index (χ4v) is 2.26. The number of amides is 1. The number of halogens is 2. The summed E-state index contributed by atoms with van der Waals surface area (Å²) in [5.74, 6) is -0.280. The van der Waals surface area contributed by atoms with Gasteiger partial charge in [0.2, 0.25) is 11.1 Å². The molecule has 0 fully saturated rings. The lowest BCUT2D eigenvalue weighted by molar-refractivity contribution is -0.121. The number of benzene rings is 1. The van der Waals surface area contributed by atoms with Crippen LogP contribution in [0.2, 0.25) is 10.2 Å². The van der Waals surface area contributed by atoms with E-state index in [-0.39, 0.29) is 24.2 Å². The van der Waals surface area contributed by atoms with Crippen molar-refractivity contribution in [2.45, 2.75) is 19.4 Å². The van der Waals surface area contributed by atoms with Gasteiger partial charge in [0.05, 0.1) is 24.8 Å². The fourth-order valence-electron chi connectivity index (χ4n) is 1.89. The topological polar surface area (TPSA) is 75.4 Å². The quantitative estimate of drug-likeness (QED) is 0.884. The first-order chi connectivity index (χ1) is 10.0. The first kappa shape index (κ1) is 15.8. The minimum Gasteiger partial charge on any atom is -0.394 e. The van der Waals surface area contributed by atoms with Crippen LogP contribution in [0.15, 0.2) is 28.8 Å². The highest BCUT2D eigenvalue weighted by atomic mass is 35.5. The average molecular weight is 329 g/mol. The van der Waals surface area contributed by atoms with Crippen molar-refractivity contribution < 1.29 is 14.4 Å². The number of aliphatic hydroxyl groups excluding tert-OH is 1. The number of aliphatic hydroxyl groups is 1. The molecule has 0 radical (unpaired) electrons. The van der Waals surface area contributed by atoms with Gasteiger partial charge in [0.25, 0.3) is 0 Å². The molecule has 1 atom stereocenters. The van der Waals surface area contributed by atoms with Gasteiger partial charge in [-0.1, -0.05) is 28.9 Å². The van der Waals surface area contributed by atoms with Gasteiger partial charge in [-0.25, -0.2) is 0 Å². The predicted octanol–water partition coefficient (Wildman–Crippen LogP) is 2.68. The van der Waals surface area contributed by atoms with Crippen LogP contribution in [0, 0.1) is 6.92 Å². The highest BCUT2D eigenvalue weighted by Gasteiger charge is 2.18. The van der Waals surface area contributed by atoms with Crippen molar-refractivity contribution in [3.8, 4) is 0 Å². The largest absolute Gasteiger partial charge is 0.394 e. The Labute approximate surface area is 131 Å². The minimum absolute atomic E-state index is 0.0399. The lowest BCUT2D eigenvalue weighted by Crippen LogP contribution is -2.32. The standard InChI is InChI=1S/C14H14Cl2N2O3/c1-8-11(14(16)21-18-8)6-13(20)17-12(7-19)9-2-4-10(15)5-3-9/h2-5,12,19H,6-7H2,1H3,(H,17,20). The van der Waals surface area contributed by atoms with Gasteiger partial charge in [0.1, 0.15) is 0 Å². The molecule has 0 aliphatic heterocycles. The SMILES string of the molecule is Cc1noc(Cl)c1CC(=O)NC(CO)c1ccc(Cl)cc1. The van der Waals surface area contributed by atoms with Crippen molar-refractivity contribution in [2.75, 3.05) is 6.61 Å². The minimum atomic E-state index is -0.506. The molecule has 2 rings (SSSR count). The van der Waals surface area contributed by atoms with Crippen molar-refractivity contribution in [3.05, 3.63) is 51.3 Å². The molecule has 1 aromatic carbocycles. The summed E-state index contributed by atoms with van der Waals surface area (Å²) < 4.78 is 4.80. The Morgan fingerprint density at radius 1 is 1.38 bits per heavy atom. The van der Waals surface area contributed by atoms with E-state index in [1.165, 1.54) is 0 Å².